The van der Waals surface area contributed by atoms with Gasteiger partial charge in [0.15, 0.2) is 11.6 Å². The van der Waals surface area contributed by atoms with Gasteiger partial charge in [-0.25, -0.2) is 8.78 Å². The smallest absolute Gasteiger partial charge is 0.311 e. The molecule has 0 aromatic heterocycles. The Morgan fingerprint density at radius 1 is 1.14 bits per heavy atom. The third-order valence-electron chi connectivity index (χ3n) is 4.00. The van der Waals surface area contributed by atoms with E-state index in [0.717, 1.165) is 5.92 Å². The molecule has 1 fully saturated rings. The Morgan fingerprint density at radius 2 is 1.64 bits per heavy atom. The maximum atomic E-state index is 13.1. The fourth-order valence-electron chi connectivity index (χ4n) is 2.27. The van der Waals surface area contributed by atoms with Gasteiger partial charge in [-0.2, -0.15) is 8.78 Å². The van der Waals surface area contributed by atoms with E-state index in [4.69, 9.17) is 0 Å². The Morgan fingerprint density at radius 3 is 2.07 bits per heavy atom. The molecule has 1 aromatic rings. The zero-order chi connectivity index (χ0) is 21.7. The topological polar surface area (TPSA) is 46.6 Å². The van der Waals surface area contributed by atoms with E-state index in [0.29, 0.717) is 6.29 Å². The maximum absolute atomic E-state index is 13.1. The summed E-state index contributed by atoms with van der Waals surface area (Å²) in [5.41, 5.74) is 0. The van der Waals surface area contributed by atoms with Gasteiger partial charge in [-0.15, -0.1) is 0 Å². The molecule has 0 atom stereocenters. The predicted octanol–water partition coefficient (Wildman–Crippen LogP) is 4.89. The molecule has 0 aliphatic carbocycles. The summed E-state index contributed by atoms with van der Waals surface area (Å²) in [6.07, 6.45) is 3.24. The highest BCUT2D eigenvalue weighted by molar-refractivity contribution is 5.72. The number of likely N-dealkylation sites (tertiary alicyclic amines) is 1. The SMILES string of the molecule is CC.CC1CCN(C)CC1.O=CCCCC(=O)Oc1c(F)c(F)cc(F)c1F. The number of rotatable bonds is 5. The second kappa shape index (κ2) is 14.1. The third-order valence-corrected chi connectivity index (χ3v) is 4.00. The number of unbranched alkanes of at least 4 members (excludes halogenated alkanes) is 1. The minimum atomic E-state index is -1.78. The Kier molecular flexibility index (Phi) is 13.1. The number of aldehydes is 1. The van der Waals surface area contributed by atoms with E-state index in [9.17, 15) is 27.2 Å². The summed E-state index contributed by atoms with van der Waals surface area (Å²) < 4.78 is 55.9. The van der Waals surface area contributed by atoms with Crippen LogP contribution in [0.15, 0.2) is 6.07 Å². The fourth-order valence-corrected chi connectivity index (χ4v) is 2.27. The lowest BCUT2D eigenvalue weighted by atomic mass is 10.00. The van der Waals surface area contributed by atoms with Crippen molar-refractivity contribution in [3.63, 3.8) is 0 Å². The number of benzene rings is 1. The van der Waals surface area contributed by atoms with Crippen LogP contribution in [-0.4, -0.2) is 37.3 Å². The van der Waals surface area contributed by atoms with Crippen molar-refractivity contribution in [1.82, 2.24) is 4.90 Å². The molecule has 0 unspecified atom stereocenters. The minimum absolute atomic E-state index is 0.00833. The molecule has 0 radical (unpaired) electrons. The molecule has 1 aromatic carbocycles. The molecular formula is C20H29F4NO3. The average Bonchev–Trinajstić information content (AvgIpc) is 2.68. The van der Waals surface area contributed by atoms with Crippen molar-refractivity contribution in [2.75, 3.05) is 20.1 Å². The molecule has 160 valence electrons. The second-order valence-corrected chi connectivity index (χ2v) is 6.32. The van der Waals surface area contributed by atoms with E-state index in [2.05, 4.69) is 23.6 Å². The zero-order valence-corrected chi connectivity index (χ0v) is 16.9. The van der Waals surface area contributed by atoms with Crippen LogP contribution in [-0.2, 0) is 9.59 Å². The number of carbonyl (C=O) groups is 2. The van der Waals surface area contributed by atoms with Crippen molar-refractivity contribution >= 4 is 12.3 Å². The van der Waals surface area contributed by atoms with Crippen molar-refractivity contribution in [3.05, 3.63) is 29.3 Å². The van der Waals surface area contributed by atoms with Crippen LogP contribution in [0.5, 0.6) is 5.75 Å². The number of ether oxygens (including phenoxy) is 1. The van der Waals surface area contributed by atoms with Crippen molar-refractivity contribution in [3.8, 4) is 5.75 Å². The summed E-state index contributed by atoms with van der Waals surface area (Å²) in [5.74, 6) is -8.40. The van der Waals surface area contributed by atoms with Crippen LogP contribution >= 0.6 is 0 Å². The number of nitrogens with zero attached hydrogens (tertiary/aromatic N) is 1. The highest BCUT2D eigenvalue weighted by Gasteiger charge is 2.22. The van der Waals surface area contributed by atoms with Crippen LogP contribution in [0.1, 0.15) is 52.9 Å². The molecule has 0 spiro atoms. The van der Waals surface area contributed by atoms with Gasteiger partial charge in [0.2, 0.25) is 17.4 Å². The van der Waals surface area contributed by atoms with E-state index in [1.165, 1.54) is 25.9 Å². The van der Waals surface area contributed by atoms with Crippen LogP contribution in [0.3, 0.4) is 0 Å². The van der Waals surface area contributed by atoms with Gasteiger partial charge < -0.3 is 14.4 Å². The van der Waals surface area contributed by atoms with Crippen LogP contribution in [0.25, 0.3) is 0 Å². The number of carbonyl (C=O) groups excluding carboxylic acids is 2. The van der Waals surface area contributed by atoms with Crippen LogP contribution in [0.2, 0.25) is 0 Å². The summed E-state index contributed by atoms with van der Waals surface area (Å²) in [6, 6.07) is 0.00833. The average molecular weight is 407 g/mol. The van der Waals surface area contributed by atoms with Crippen molar-refractivity contribution in [2.45, 2.75) is 52.9 Å². The molecule has 28 heavy (non-hydrogen) atoms. The molecule has 2 rings (SSSR count). The number of esters is 1. The standard InChI is InChI=1S/C11H8F4O3.C7H15N.C2H6/c12-6-5-7(13)10(15)11(9(6)14)18-8(17)3-1-2-4-16;1-7-3-5-8(2)6-4-7;1-2/h4-5H,1-3H2;7H,3-6H2,1-2H3;1-2H3. The molecule has 1 heterocycles. The highest BCUT2D eigenvalue weighted by atomic mass is 19.2. The Bertz CT molecular complexity index is 582. The summed E-state index contributed by atoms with van der Waals surface area (Å²) in [7, 11) is 2.20. The molecule has 8 heteroatoms. The molecular weight excluding hydrogens is 378 g/mol. The maximum Gasteiger partial charge on any atom is 0.311 e. The van der Waals surface area contributed by atoms with Gasteiger partial charge in [0.1, 0.15) is 6.29 Å². The monoisotopic (exact) mass is 407 g/mol. The lowest BCUT2D eigenvalue weighted by Crippen LogP contribution is -2.28. The second-order valence-electron chi connectivity index (χ2n) is 6.32. The van der Waals surface area contributed by atoms with E-state index in [-0.39, 0.29) is 25.3 Å². The van der Waals surface area contributed by atoms with E-state index in [1.807, 2.05) is 13.8 Å². The Hall–Kier alpha value is -1.96. The summed E-state index contributed by atoms with van der Waals surface area (Å²) in [4.78, 5) is 23.5. The number of halogens is 4. The third kappa shape index (κ3) is 9.30. The first kappa shape index (κ1) is 26.0. The molecule has 1 aliphatic heterocycles. The number of hydrogen-bond donors (Lipinski definition) is 0. The zero-order valence-electron chi connectivity index (χ0n) is 16.9. The van der Waals surface area contributed by atoms with Gasteiger partial charge in [-0.3, -0.25) is 4.79 Å². The summed E-state index contributed by atoms with van der Waals surface area (Å²) in [6.45, 7) is 8.95. The fraction of sp³-hybridized carbons (Fsp3) is 0.600. The highest BCUT2D eigenvalue weighted by Crippen LogP contribution is 2.26. The van der Waals surface area contributed by atoms with Crippen molar-refractivity contribution in [1.29, 1.82) is 0 Å². The van der Waals surface area contributed by atoms with E-state index < -0.39 is 35.0 Å². The minimum Gasteiger partial charge on any atom is -0.420 e. The van der Waals surface area contributed by atoms with Crippen molar-refractivity contribution < 1.29 is 31.9 Å². The molecule has 1 saturated heterocycles. The van der Waals surface area contributed by atoms with Gasteiger partial charge in [0.25, 0.3) is 0 Å². The summed E-state index contributed by atoms with van der Waals surface area (Å²) >= 11 is 0. The molecule has 0 amide bonds. The van der Waals surface area contributed by atoms with E-state index >= 15 is 0 Å². The van der Waals surface area contributed by atoms with Crippen LogP contribution in [0.4, 0.5) is 17.6 Å². The first-order chi connectivity index (χ1) is 13.3. The number of hydrogen-bond acceptors (Lipinski definition) is 4. The predicted molar refractivity (Wildman–Crippen MR) is 99.1 cm³/mol. The molecule has 0 N–H and O–H groups in total. The first-order valence-electron chi connectivity index (χ1n) is 9.42. The normalized spacial score (nSPS) is 14.3. The molecule has 4 nitrogen and oxygen atoms in total. The van der Waals surface area contributed by atoms with Crippen LogP contribution in [0, 0.1) is 29.2 Å². The Labute approximate surface area is 163 Å². The lowest BCUT2D eigenvalue weighted by Gasteiger charge is -2.26. The van der Waals surface area contributed by atoms with E-state index in [1.54, 1.807) is 0 Å². The van der Waals surface area contributed by atoms with Gasteiger partial charge in [0, 0.05) is 18.9 Å². The lowest BCUT2D eigenvalue weighted by molar-refractivity contribution is -0.134. The quantitative estimate of drug-likeness (QED) is 0.174. The van der Waals surface area contributed by atoms with Gasteiger partial charge in [-0.05, 0) is 45.3 Å². The molecule has 0 saturated carbocycles. The summed E-state index contributed by atoms with van der Waals surface area (Å²) in [5, 5.41) is 0. The first-order valence-corrected chi connectivity index (χ1v) is 9.42. The van der Waals surface area contributed by atoms with Gasteiger partial charge >= 0.3 is 5.97 Å². The largest absolute Gasteiger partial charge is 0.420 e. The Balaban J connectivity index is 0.000000604. The van der Waals surface area contributed by atoms with Gasteiger partial charge in [-0.1, -0.05) is 20.8 Å². The number of piperidine rings is 1. The van der Waals surface area contributed by atoms with Crippen LogP contribution < -0.4 is 4.74 Å². The van der Waals surface area contributed by atoms with Gasteiger partial charge in [0.05, 0.1) is 0 Å². The van der Waals surface area contributed by atoms with Crippen molar-refractivity contribution in [2.24, 2.45) is 5.92 Å². The molecule has 0 bridgehead atoms. The molecule has 1 aliphatic rings.